The van der Waals surface area contributed by atoms with Gasteiger partial charge in [-0.15, -0.1) is 0 Å². The van der Waals surface area contributed by atoms with Gasteiger partial charge in [0.15, 0.2) is 0 Å². The Bertz CT molecular complexity index is 999. The van der Waals surface area contributed by atoms with E-state index in [1.165, 1.54) is 12.1 Å². The van der Waals surface area contributed by atoms with E-state index >= 15 is 0 Å². The van der Waals surface area contributed by atoms with Crippen LogP contribution in [0.5, 0.6) is 0 Å². The van der Waals surface area contributed by atoms with Crippen LogP contribution in [0, 0.1) is 5.82 Å². The van der Waals surface area contributed by atoms with Gasteiger partial charge in [0.1, 0.15) is 5.82 Å². The van der Waals surface area contributed by atoms with Crippen LogP contribution in [0.2, 0.25) is 0 Å². The first-order valence-electron chi connectivity index (χ1n) is 10.0. The normalized spacial score (nSPS) is 17.2. The molecule has 3 aromatic rings. The molecule has 30 heavy (non-hydrogen) atoms. The fourth-order valence-corrected chi connectivity index (χ4v) is 3.75. The summed E-state index contributed by atoms with van der Waals surface area (Å²) >= 11 is 0. The van der Waals surface area contributed by atoms with Crippen molar-refractivity contribution in [3.8, 4) is 11.4 Å². The van der Waals surface area contributed by atoms with Gasteiger partial charge >= 0.3 is 0 Å². The SMILES string of the molecule is CN(Cc1cnn(C)c1)C(=O)CN1CCCC(c2nc(-c3ccc(F)cc3)no2)C1. The maximum atomic E-state index is 13.1. The van der Waals surface area contributed by atoms with E-state index in [1.54, 1.807) is 27.9 Å². The van der Waals surface area contributed by atoms with Crippen LogP contribution in [-0.2, 0) is 18.4 Å². The van der Waals surface area contributed by atoms with Crippen molar-refractivity contribution in [2.24, 2.45) is 7.05 Å². The number of amides is 1. The monoisotopic (exact) mass is 412 g/mol. The average Bonchev–Trinajstić information content (AvgIpc) is 3.38. The highest BCUT2D eigenvalue weighted by Crippen LogP contribution is 2.27. The third-order valence-electron chi connectivity index (χ3n) is 5.36. The number of carbonyl (C=O) groups excluding carboxylic acids is 1. The van der Waals surface area contributed by atoms with Gasteiger partial charge < -0.3 is 9.42 Å². The zero-order chi connectivity index (χ0) is 21.1. The predicted octanol–water partition coefficient (Wildman–Crippen LogP) is 2.45. The van der Waals surface area contributed by atoms with Crippen LogP contribution in [0.3, 0.4) is 0 Å². The molecule has 1 aliphatic heterocycles. The Morgan fingerprint density at radius 2 is 2.13 bits per heavy atom. The van der Waals surface area contributed by atoms with E-state index in [2.05, 4.69) is 20.1 Å². The van der Waals surface area contributed by atoms with Crippen LogP contribution >= 0.6 is 0 Å². The number of benzene rings is 1. The minimum absolute atomic E-state index is 0.0667. The van der Waals surface area contributed by atoms with E-state index in [1.807, 2.05) is 20.3 Å². The minimum atomic E-state index is -0.302. The summed E-state index contributed by atoms with van der Waals surface area (Å²) in [5, 5.41) is 8.19. The van der Waals surface area contributed by atoms with Crippen molar-refractivity contribution in [1.82, 2.24) is 29.7 Å². The second-order valence-corrected chi connectivity index (χ2v) is 7.81. The smallest absolute Gasteiger partial charge is 0.236 e. The molecule has 1 fully saturated rings. The maximum absolute atomic E-state index is 13.1. The van der Waals surface area contributed by atoms with Gasteiger partial charge in [-0.2, -0.15) is 10.1 Å². The Balaban J connectivity index is 1.35. The number of halogens is 1. The van der Waals surface area contributed by atoms with Crippen LogP contribution in [-0.4, -0.2) is 62.3 Å². The molecule has 4 rings (SSSR count). The molecule has 1 aromatic carbocycles. The molecule has 1 amide bonds. The molecule has 0 aliphatic carbocycles. The standard InChI is InChI=1S/C21H25FN6O2/c1-26(11-15-10-23-27(2)12-15)19(29)14-28-9-3-4-17(13-28)21-24-20(25-30-21)16-5-7-18(22)8-6-16/h5-8,10,12,17H,3-4,9,11,13-14H2,1-2H3. The molecule has 0 saturated carbocycles. The molecule has 1 saturated heterocycles. The Morgan fingerprint density at radius 3 is 2.87 bits per heavy atom. The van der Waals surface area contributed by atoms with Gasteiger partial charge in [-0.25, -0.2) is 4.39 Å². The summed E-state index contributed by atoms with van der Waals surface area (Å²) in [5.74, 6) is 0.863. The number of aromatic nitrogens is 4. The highest BCUT2D eigenvalue weighted by atomic mass is 19.1. The van der Waals surface area contributed by atoms with Gasteiger partial charge in [0.05, 0.1) is 18.7 Å². The molecule has 1 unspecified atom stereocenters. The van der Waals surface area contributed by atoms with Crippen LogP contribution < -0.4 is 0 Å². The van der Waals surface area contributed by atoms with Gasteiger partial charge in [-0.05, 0) is 43.7 Å². The van der Waals surface area contributed by atoms with Crippen molar-refractivity contribution >= 4 is 5.91 Å². The summed E-state index contributed by atoms with van der Waals surface area (Å²) in [4.78, 5) is 21.0. The lowest BCUT2D eigenvalue weighted by Gasteiger charge is -2.31. The summed E-state index contributed by atoms with van der Waals surface area (Å²) in [5.41, 5.74) is 1.72. The Kier molecular flexibility index (Phi) is 5.89. The van der Waals surface area contributed by atoms with Crippen LogP contribution in [0.15, 0.2) is 41.2 Å². The fourth-order valence-electron chi connectivity index (χ4n) is 3.75. The molecule has 9 heteroatoms. The molecule has 158 valence electrons. The molecule has 1 atom stereocenters. The Morgan fingerprint density at radius 1 is 1.33 bits per heavy atom. The van der Waals surface area contributed by atoms with Crippen LogP contribution in [0.1, 0.15) is 30.2 Å². The number of aryl methyl sites for hydroxylation is 1. The average molecular weight is 412 g/mol. The molecule has 0 N–H and O–H groups in total. The van der Waals surface area contributed by atoms with Crippen molar-refractivity contribution < 1.29 is 13.7 Å². The summed E-state index contributed by atoms with van der Waals surface area (Å²) in [6, 6.07) is 6.02. The lowest BCUT2D eigenvalue weighted by molar-refractivity contribution is -0.132. The Labute approximate surface area is 174 Å². The quantitative estimate of drug-likeness (QED) is 0.619. The summed E-state index contributed by atoms with van der Waals surface area (Å²) in [7, 11) is 3.67. The van der Waals surface area contributed by atoms with Gasteiger partial charge in [0.2, 0.25) is 17.6 Å². The summed E-state index contributed by atoms with van der Waals surface area (Å²) in [6.45, 7) is 2.44. The molecule has 3 heterocycles. The summed E-state index contributed by atoms with van der Waals surface area (Å²) < 4.78 is 20.3. The predicted molar refractivity (Wildman–Crippen MR) is 108 cm³/mol. The van der Waals surface area contributed by atoms with Gasteiger partial charge in [0.25, 0.3) is 0 Å². The molecule has 1 aliphatic rings. The number of hydrogen-bond donors (Lipinski definition) is 0. The first kappa shape index (κ1) is 20.2. The zero-order valence-electron chi connectivity index (χ0n) is 17.2. The molecule has 0 bridgehead atoms. The number of carbonyl (C=O) groups is 1. The zero-order valence-corrected chi connectivity index (χ0v) is 17.2. The van der Waals surface area contributed by atoms with Crippen molar-refractivity contribution in [3.05, 3.63) is 53.9 Å². The number of hydrogen-bond acceptors (Lipinski definition) is 6. The van der Waals surface area contributed by atoms with Crippen LogP contribution in [0.25, 0.3) is 11.4 Å². The number of nitrogens with zero attached hydrogens (tertiary/aromatic N) is 6. The number of likely N-dealkylation sites (N-methyl/N-ethyl adjacent to an activating group) is 1. The third kappa shape index (κ3) is 4.73. The first-order chi connectivity index (χ1) is 14.5. The molecule has 8 nitrogen and oxygen atoms in total. The second kappa shape index (κ2) is 8.74. The van der Waals surface area contributed by atoms with E-state index in [9.17, 15) is 9.18 Å². The topological polar surface area (TPSA) is 80.3 Å². The fraction of sp³-hybridized carbons (Fsp3) is 0.429. The van der Waals surface area contributed by atoms with E-state index in [4.69, 9.17) is 4.52 Å². The molecule has 0 radical (unpaired) electrons. The van der Waals surface area contributed by atoms with Crippen molar-refractivity contribution in [2.45, 2.75) is 25.3 Å². The molecular formula is C21H25FN6O2. The molecule has 2 aromatic heterocycles. The lowest BCUT2D eigenvalue weighted by atomic mass is 9.98. The van der Waals surface area contributed by atoms with Crippen molar-refractivity contribution in [3.63, 3.8) is 0 Å². The summed E-state index contributed by atoms with van der Waals surface area (Å²) in [6.07, 6.45) is 5.57. The van der Waals surface area contributed by atoms with Crippen LogP contribution in [0.4, 0.5) is 4.39 Å². The highest BCUT2D eigenvalue weighted by Gasteiger charge is 2.28. The number of piperidine rings is 1. The first-order valence-corrected chi connectivity index (χ1v) is 10.0. The van der Waals surface area contributed by atoms with E-state index < -0.39 is 0 Å². The van der Waals surface area contributed by atoms with Crippen molar-refractivity contribution in [1.29, 1.82) is 0 Å². The van der Waals surface area contributed by atoms with Gasteiger partial charge in [-0.3, -0.25) is 14.4 Å². The second-order valence-electron chi connectivity index (χ2n) is 7.81. The van der Waals surface area contributed by atoms with Gasteiger partial charge in [0, 0.05) is 44.5 Å². The van der Waals surface area contributed by atoms with Gasteiger partial charge in [-0.1, -0.05) is 5.16 Å². The van der Waals surface area contributed by atoms with E-state index in [0.29, 0.717) is 36.9 Å². The highest BCUT2D eigenvalue weighted by molar-refractivity contribution is 5.78. The third-order valence-corrected chi connectivity index (χ3v) is 5.36. The maximum Gasteiger partial charge on any atom is 0.236 e. The Hall–Kier alpha value is -3.07. The minimum Gasteiger partial charge on any atom is -0.340 e. The molecular weight excluding hydrogens is 387 g/mol. The largest absolute Gasteiger partial charge is 0.340 e. The van der Waals surface area contributed by atoms with E-state index in [0.717, 1.165) is 24.9 Å². The van der Waals surface area contributed by atoms with Crippen molar-refractivity contribution in [2.75, 3.05) is 26.7 Å². The lowest BCUT2D eigenvalue weighted by Crippen LogP contribution is -2.42. The number of likely N-dealkylation sites (tertiary alicyclic amines) is 1. The molecule has 0 spiro atoms. The van der Waals surface area contributed by atoms with E-state index in [-0.39, 0.29) is 17.6 Å². The number of rotatable bonds is 6.